The highest BCUT2D eigenvalue weighted by Crippen LogP contribution is 2.41. The molecule has 0 aliphatic heterocycles. The van der Waals surface area contributed by atoms with Crippen molar-refractivity contribution in [2.75, 3.05) is 6.61 Å². The first-order chi connectivity index (χ1) is 9.81. The molecule has 1 saturated carbocycles. The van der Waals surface area contributed by atoms with Gasteiger partial charge >= 0.3 is 5.97 Å². The smallest absolute Gasteiger partial charge is 0.360 e. The van der Waals surface area contributed by atoms with Crippen LogP contribution in [0.25, 0.3) is 0 Å². The zero-order valence-electron chi connectivity index (χ0n) is 13.0. The van der Waals surface area contributed by atoms with Gasteiger partial charge in [0.05, 0.1) is 12.3 Å². The average Bonchev–Trinajstić information content (AvgIpc) is 3.09. The van der Waals surface area contributed by atoms with E-state index in [-0.39, 0.29) is 29.6 Å². The van der Waals surface area contributed by atoms with Crippen LogP contribution in [0, 0.1) is 0 Å². The predicted octanol–water partition coefficient (Wildman–Crippen LogP) is 1.25. The molecule has 0 aromatic carbocycles. The molecule has 0 spiro atoms. The lowest BCUT2D eigenvalue weighted by molar-refractivity contribution is -0.123. The zero-order valence-corrected chi connectivity index (χ0v) is 13.0. The van der Waals surface area contributed by atoms with Crippen molar-refractivity contribution in [2.45, 2.75) is 58.5 Å². The Bertz CT molecular complexity index is 541. The third-order valence-corrected chi connectivity index (χ3v) is 3.01. The van der Waals surface area contributed by atoms with E-state index in [0.717, 1.165) is 18.5 Å². The summed E-state index contributed by atoms with van der Waals surface area (Å²) in [5.41, 5.74) is 0.655. The largest absolute Gasteiger partial charge is 0.461 e. The molecule has 1 aromatic rings. The molecule has 0 bridgehead atoms. The summed E-state index contributed by atoms with van der Waals surface area (Å²) in [4.78, 5) is 23.9. The number of amides is 1. The van der Waals surface area contributed by atoms with E-state index < -0.39 is 5.97 Å². The summed E-state index contributed by atoms with van der Waals surface area (Å²) in [7, 11) is 0. The van der Waals surface area contributed by atoms with Gasteiger partial charge in [-0.3, -0.25) is 4.79 Å². The van der Waals surface area contributed by atoms with Gasteiger partial charge in [0, 0.05) is 11.5 Å². The Labute approximate surface area is 124 Å². The quantitative estimate of drug-likeness (QED) is 0.826. The topological polar surface area (TPSA) is 86.1 Å². The highest BCUT2D eigenvalue weighted by Gasteiger charge is 2.34. The van der Waals surface area contributed by atoms with Crippen LogP contribution in [0.15, 0.2) is 0 Å². The second-order valence-electron chi connectivity index (χ2n) is 6.27. The summed E-state index contributed by atoms with van der Waals surface area (Å²) in [5, 5.41) is 10.7. The molecule has 21 heavy (non-hydrogen) atoms. The van der Waals surface area contributed by atoms with Crippen molar-refractivity contribution in [1.82, 2.24) is 20.3 Å². The molecule has 1 fully saturated rings. The Balaban J connectivity index is 2.17. The van der Waals surface area contributed by atoms with E-state index in [1.54, 1.807) is 6.92 Å². The molecule has 2 rings (SSSR count). The zero-order chi connectivity index (χ0) is 15.6. The molecule has 0 atom stereocenters. The Morgan fingerprint density at radius 2 is 2.05 bits per heavy atom. The molecule has 1 aliphatic rings. The number of carbonyl (C=O) groups is 2. The van der Waals surface area contributed by atoms with Crippen LogP contribution in [-0.4, -0.2) is 39.0 Å². The van der Waals surface area contributed by atoms with Crippen molar-refractivity contribution in [3.05, 3.63) is 11.4 Å². The number of nitrogens with zero attached hydrogens (tertiary/aromatic N) is 3. The molecule has 0 radical (unpaired) electrons. The van der Waals surface area contributed by atoms with E-state index in [9.17, 15) is 9.59 Å². The third kappa shape index (κ3) is 4.03. The maximum Gasteiger partial charge on any atom is 0.360 e. The highest BCUT2D eigenvalue weighted by molar-refractivity contribution is 5.89. The molecule has 7 nitrogen and oxygen atoms in total. The highest BCUT2D eigenvalue weighted by atomic mass is 16.5. The molecule has 1 heterocycles. The van der Waals surface area contributed by atoms with Crippen molar-refractivity contribution in [3.63, 3.8) is 0 Å². The number of hydrogen-bond donors (Lipinski definition) is 1. The predicted molar refractivity (Wildman–Crippen MR) is 75.8 cm³/mol. The minimum absolute atomic E-state index is 0.0650. The average molecular weight is 294 g/mol. The van der Waals surface area contributed by atoms with Crippen LogP contribution < -0.4 is 5.32 Å². The standard InChI is InChI=1S/C14H22N4O3/c1-5-21-13(20)11-12(9-6-7-9)18(17-16-11)8-10(19)15-14(2,3)4/h9H,5-8H2,1-4H3,(H,15,19). The summed E-state index contributed by atoms with van der Waals surface area (Å²) in [6, 6.07) is 0. The van der Waals surface area contributed by atoms with Crippen molar-refractivity contribution >= 4 is 11.9 Å². The van der Waals surface area contributed by atoms with Gasteiger partial charge in [-0.2, -0.15) is 0 Å². The van der Waals surface area contributed by atoms with Gasteiger partial charge in [0.2, 0.25) is 5.91 Å². The minimum Gasteiger partial charge on any atom is -0.461 e. The van der Waals surface area contributed by atoms with Gasteiger partial charge in [-0.1, -0.05) is 5.21 Å². The molecular weight excluding hydrogens is 272 g/mol. The summed E-state index contributed by atoms with van der Waals surface area (Å²) < 4.78 is 6.51. The fraction of sp³-hybridized carbons (Fsp3) is 0.714. The number of ether oxygens (including phenoxy) is 1. The number of hydrogen-bond acceptors (Lipinski definition) is 5. The SMILES string of the molecule is CCOC(=O)c1nnn(CC(=O)NC(C)(C)C)c1C1CC1. The van der Waals surface area contributed by atoms with Gasteiger partial charge in [0.25, 0.3) is 0 Å². The third-order valence-electron chi connectivity index (χ3n) is 3.01. The Morgan fingerprint density at radius 1 is 1.38 bits per heavy atom. The molecule has 116 valence electrons. The van der Waals surface area contributed by atoms with Crippen LogP contribution in [0.5, 0.6) is 0 Å². The minimum atomic E-state index is -0.470. The number of aromatic nitrogens is 3. The Morgan fingerprint density at radius 3 is 2.57 bits per heavy atom. The molecule has 1 aliphatic carbocycles. The van der Waals surface area contributed by atoms with Crippen molar-refractivity contribution < 1.29 is 14.3 Å². The van der Waals surface area contributed by atoms with Crippen LogP contribution >= 0.6 is 0 Å². The van der Waals surface area contributed by atoms with Crippen LogP contribution in [0.1, 0.15) is 62.6 Å². The van der Waals surface area contributed by atoms with Crippen LogP contribution in [0.4, 0.5) is 0 Å². The summed E-state index contributed by atoms with van der Waals surface area (Å²) >= 11 is 0. The molecule has 0 unspecified atom stereocenters. The van der Waals surface area contributed by atoms with Gasteiger partial charge in [-0.05, 0) is 40.5 Å². The molecule has 1 amide bonds. The van der Waals surface area contributed by atoms with E-state index in [0.29, 0.717) is 6.61 Å². The van der Waals surface area contributed by atoms with Gasteiger partial charge in [0.15, 0.2) is 5.69 Å². The summed E-state index contributed by atoms with van der Waals surface area (Å²) in [6.07, 6.45) is 1.97. The lowest BCUT2D eigenvalue weighted by atomic mass is 10.1. The van der Waals surface area contributed by atoms with Crippen molar-refractivity contribution in [1.29, 1.82) is 0 Å². The van der Waals surface area contributed by atoms with Gasteiger partial charge in [-0.25, -0.2) is 9.48 Å². The first-order valence-corrected chi connectivity index (χ1v) is 7.23. The fourth-order valence-electron chi connectivity index (χ4n) is 2.14. The Kier molecular flexibility index (Phi) is 4.29. The molecule has 1 N–H and O–H groups in total. The van der Waals surface area contributed by atoms with Crippen molar-refractivity contribution in [2.24, 2.45) is 0 Å². The number of carbonyl (C=O) groups excluding carboxylic acids is 2. The van der Waals surface area contributed by atoms with E-state index in [2.05, 4.69) is 15.6 Å². The maximum absolute atomic E-state index is 12.0. The number of rotatable bonds is 5. The lowest BCUT2D eigenvalue weighted by Gasteiger charge is -2.20. The van der Waals surface area contributed by atoms with E-state index in [4.69, 9.17) is 4.74 Å². The second-order valence-corrected chi connectivity index (χ2v) is 6.27. The molecule has 1 aromatic heterocycles. The first-order valence-electron chi connectivity index (χ1n) is 7.23. The van der Waals surface area contributed by atoms with Gasteiger partial charge < -0.3 is 10.1 Å². The summed E-state index contributed by atoms with van der Waals surface area (Å²) in [5.74, 6) is -0.367. The lowest BCUT2D eigenvalue weighted by Crippen LogP contribution is -2.42. The summed E-state index contributed by atoms with van der Waals surface area (Å²) in [6.45, 7) is 7.85. The van der Waals surface area contributed by atoms with Crippen LogP contribution in [-0.2, 0) is 16.1 Å². The Hall–Kier alpha value is -1.92. The normalized spacial score (nSPS) is 14.9. The first kappa shape index (κ1) is 15.5. The molecule has 0 saturated heterocycles. The van der Waals surface area contributed by atoms with E-state index >= 15 is 0 Å². The molecular formula is C14H22N4O3. The second kappa shape index (κ2) is 5.83. The van der Waals surface area contributed by atoms with Gasteiger partial charge in [0.1, 0.15) is 6.54 Å². The fourth-order valence-corrected chi connectivity index (χ4v) is 2.14. The van der Waals surface area contributed by atoms with Crippen LogP contribution in [0.2, 0.25) is 0 Å². The van der Waals surface area contributed by atoms with E-state index in [1.165, 1.54) is 4.68 Å². The van der Waals surface area contributed by atoms with Crippen molar-refractivity contribution in [3.8, 4) is 0 Å². The number of esters is 1. The number of nitrogens with one attached hydrogen (secondary N) is 1. The molecule has 7 heteroatoms. The monoisotopic (exact) mass is 294 g/mol. The van der Waals surface area contributed by atoms with E-state index in [1.807, 2.05) is 20.8 Å². The van der Waals surface area contributed by atoms with Gasteiger partial charge in [-0.15, -0.1) is 5.10 Å². The van der Waals surface area contributed by atoms with Crippen LogP contribution in [0.3, 0.4) is 0 Å². The maximum atomic E-state index is 12.0.